The predicted molar refractivity (Wildman–Crippen MR) is 87.2 cm³/mol. The second-order valence-corrected chi connectivity index (χ2v) is 6.08. The third kappa shape index (κ3) is 3.08. The molecule has 6 heteroatoms. The van der Waals surface area contributed by atoms with Gasteiger partial charge in [-0.15, -0.1) is 0 Å². The molecule has 0 saturated carbocycles. The molecule has 1 atom stereocenters. The first-order chi connectivity index (χ1) is 10.6. The predicted octanol–water partition coefficient (Wildman–Crippen LogP) is 2.16. The molecule has 114 valence electrons. The van der Waals surface area contributed by atoms with Crippen molar-refractivity contribution in [2.75, 3.05) is 0 Å². The standard InChI is InChI=1S/C16H17N3O2S/c1-11-14-15(22-18-11)17-10-19(16(14)21)9-13(20)8-7-12-5-3-2-4-6-12/h2-6,10,13,20H,7-9H2,1H3/t13-/m0/s1. The summed E-state index contributed by atoms with van der Waals surface area (Å²) in [5.74, 6) is 0. The average molecular weight is 315 g/mol. The highest BCUT2D eigenvalue weighted by atomic mass is 32.1. The molecule has 3 aromatic rings. The molecule has 3 rings (SSSR count). The SMILES string of the molecule is Cc1nsc2ncn(C[C@@H](O)CCc3ccccc3)c(=O)c12. The molecule has 1 N–H and O–H groups in total. The van der Waals surface area contributed by atoms with Crippen molar-refractivity contribution in [1.82, 2.24) is 13.9 Å². The minimum Gasteiger partial charge on any atom is -0.391 e. The van der Waals surface area contributed by atoms with Gasteiger partial charge in [-0.25, -0.2) is 4.98 Å². The van der Waals surface area contributed by atoms with E-state index in [1.54, 1.807) is 6.92 Å². The molecule has 0 fully saturated rings. The minimum absolute atomic E-state index is 0.130. The molecular formula is C16H17N3O2S. The molecule has 0 radical (unpaired) electrons. The third-order valence-corrected chi connectivity index (χ3v) is 4.50. The summed E-state index contributed by atoms with van der Waals surface area (Å²) in [6.45, 7) is 2.06. The Labute approximate surface area is 132 Å². The Morgan fingerprint density at radius 2 is 2.09 bits per heavy atom. The number of aromatic nitrogens is 3. The third-order valence-electron chi connectivity index (χ3n) is 3.65. The van der Waals surface area contributed by atoms with Crippen LogP contribution in [0.2, 0.25) is 0 Å². The topological polar surface area (TPSA) is 68.0 Å². The second kappa shape index (κ2) is 6.37. The summed E-state index contributed by atoms with van der Waals surface area (Å²) in [5.41, 5.74) is 1.75. The van der Waals surface area contributed by atoms with Crippen molar-refractivity contribution in [2.24, 2.45) is 0 Å². The number of aryl methyl sites for hydroxylation is 2. The van der Waals surface area contributed by atoms with E-state index in [9.17, 15) is 9.90 Å². The number of aliphatic hydroxyl groups excluding tert-OH is 1. The monoisotopic (exact) mass is 315 g/mol. The summed E-state index contributed by atoms with van der Waals surface area (Å²) in [5, 5.41) is 10.7. The van der Waals surface area contributed by atoms with Gasteiger partial charge in [0.25, 0.3) is 5.56 Å². The van der Waals surface area contributed by atoms with Crippen molar-refractivity contribution in [2.45, 2.75) is 32.4 Å². The molecule has 5 nitrogen and oxygen atoms in total. The highest BCUT2D eigenvalue weighted by Crippen LogP contribution is 2.15. The van der Waals surface area contributed by atoms with Gasteiger partial charge < -0.3 is 5.11 Å². The first kappa shape index (κ1) is 14.9. The molecule has 0 aliphatic heterocycles. The van der Waals surface area contributed by atoms with Gasteiger partial charge in [0.1, 0.15) is 0 Å². The number of hydrogen-bond donors (Lipinski definition) is 1. The summed E-state index contributed by atoms with van der Waals surface area (Å²) in [7, 11) is 0. The quantitative estimate of drug-likeness (QED) is 0.783. The molecule has 0 spiro atoms. The number of hydrogen-bond acceptors (Lipinski definition) is 5. The molecule has 1 aromatic carbocycles. The van der Waals surface area contributed by atoms with E-state index in [0.717, 1.165) is 6.42 Å². The van der Waals surface area contributed by atoms with E-state index in [2.05, 4.69) is 9.36 Å². The fourth-order valence-corrected chi connectivity index (χ4v) is 3.17. The molecule has 0 aliphatic rings. The minimum atomic E-state index is -0.580. The van der Waals surface area contributed by atoms with Crippen molar-refractivity contribution in [3.63, 3.8) is 0 Å². The largest absolute Gasteiger partial charge is 0.391 e. The van der Waals surface area contributed by atoms with Crippen LogP contribution in [-0.4, -0.2) is 25.1 Å². The van der Waals surface area contributed by atoms with E-state index in [1.165, 1.54) is 28.0 Å². The maximum absolute atomic E-state index is 12.4. The Balaban J connectivity index is 1.71. The van der Waals surface area contributed by atoms with Crippen molar-refractivity contribution in [1.29, 1.82) is 0 Å². The maximum atomic E-state index is 12.4. The van der Waals surface area contributed by atoms with Gasteiger partial charge in [0.05, 0.1) is 30.1 Å². The van der Waals surface area contributed by atoms with E-state index in [-0.39, 0.29) is 12.1 Å². The highest BCUT2D eigenvalue weighted by molar-refractivity contribution is 7.12. The second-order valence-electron chi connectivity index (χ2n) is 5.33. The Morgan fingerprint density at radius 3 is 2.86 bits per heavy atom. The summed E-state index contributed by atoms with van der Waals surface area (Å²) >= 11 is 1.23. The van der Waals surface area contributed by atoms with E-state index in [4.69, 9.17) is 0 Å². The van der Waals surface area contributed by atoms with Crippen molar-refractivity contribution in [3.05, 3.63) is 58.3 Å². The first-order valence-electron chi connectivity index (χ1n) is 7.18. The van der Waals surface area contributed by atoms with Crippen molar-refractivity contribution < 1.29 is 5.11 Å². The van der Waals surface area contributed by atoms with Gasteiger partial charge in [-0.1, -0.05) is 30.3 Å². The van der Waals surface area contributed by atoms with Crippen molar-refractivity contribution >= 4 is 21.7 Å². The maximum Gasteiger partial charge on any atom is 0.264 e. The Hall–Kier alpha value is -2.05. The number of aliphatic hydroxyl groups is 1. The summed E-state index contributed by atoms with van der Waals surface area (Å²) in [6, 6.07) is 10.0. The van der Waals surface area contributed by atoms with Crippen molar-refractivity contribution in [3.8, 4) is 0 Å². The summed E-state index contributed by atoms with van der Waals surface area (Å²) in [6.07, 6.45) is 2.30. The molecule has 0 unspecified atom stereocenters. The highest BCUT2D eigenvalue weighted by Gasteiger charge is 2.13. The van der Waals surface area contributed by atoms with Crippen LogP contribution in [-0.2, 0) is 13.0 Å². The molecule has 0 aliphatic carbocycles. The lowest BCUT2D eigenvalue weighted by Crippen LogP contribution is -2.27. The van der Waals surface area contributed by atoms with E-state index >= 15 is 0 Å². The lowest BCUT2D eigenvalue weighted by molar-refractivity contribution is 0.143. The Morgan fingerprint density at radius 1 is 1.32 bits per heavy atom. The zero-order valence-corrected chi connectivity index (χ0v) is 13.1. The van der Waals surface area contributed by atoms with Gasteiger partial charge in [0, 0.05) is 0 Å². The molecule has 2 aromatic heterocycles. The van der Waals surface area contributed by atoms with Crippen LogP contribution in [0.4, 0.5) is 0 Å². The Kier molecular flexibility index (Phi) is 4.31. The van der Waals surface area contributed by atoms with Crippen LogP contribution in [0, 0.1) is 6.92 Å². The molecule has 0 bridgehead atoms. The van der Waals surface area contributed by atoms with Gasteiger partial charge in [-0.05, 0) is 36.9 Å². The molecule has 0 saturated heterocycles. The van der Waals surface area contributed by atoms with E-state index in [1.807, 2.05) is 30.3 Å². The van der Waals surface area contributed by atoms with Crippen LogP contribution < -0.4 is 5.56 Å². The number of benzene rings is 1. The van der Waals surface area contributed by atoms with Crippen LogP contribution in [0.1, 0.15) is 17.7 Å². The summed E-state index contributed by atoms with van der Waals surface area (Å²) in [4.78, 5) is 17.3. The fraction of sp³-hybridized carbons (Fsp3) is 0.312. The van der Waals surface area contributed by atoms with Gasteiger partial charge in [-0.3, -0.25) is 9.36 Å². The average Bonchev–Trinajstić information content (AvgIpc) is 2.91. The fourth-order valence-electron chi connectivity index (χ4n) is 2.44. The lowest BCUT2D eigenvalue weighted by Gasteiger charge is -2.12. The van der Waals surface area contributed by atoms with Crippen LogP contribution in [0.25, 0.3) is 10.2 Å². The first-order valence-corrected chi connectivity index (χ1v) is 7.96. The van der Waals surface area contributed by atoms with Gasteiger partial charge >= 0.3 is 0 Å². The smallest absolute Gasteiger partial charge is 0.264 e. The van der Waals surface area contributed by atoms with Gasteiger partial charge in [-0.2, -0.15) is 4.37 Å². The number of nitrogens with zero attached hydrogens (tertiary/aromatic N) is 3. The Bertz CT molecular complexity index is 826. The molecular weight excluding hydrogens is 298 g/mol. The van der Waals surface area contributed by atoms with Crippen LogP contribution >= 0.6 is 11.5 Å². The van der Waals surface area contributed by atoms with E-state index < -0.39 is 6.10 Å². The molecule has 22 heavy (non-hydrogen) atoms. The zero-order valence-electron chi connectivity index (χ0n) is 12.3. The van der Waals surface area contributed by atoms with Gasteiger partial charge in [0.2, 0.25) is 0 Å². The lowest BCUT2D eigenvalue weighted by atomic mass is 10.1. The summed E-state index contributed by atoms with van der Waals surface area (Å²) < 4.78 is 5.63. The van der Waals surface area contributed by atoms with Gasteiger partial charge in [0.15, 0.2) is 4.83 Å². The zero-order chi connectivity index (χ0) is 15.5. The van der Waals surface area contributed by atoms with Crippen LogP contribution in [0.5, 0.6) is 0 Å². The van der Waals surface area contributed by atoms with Crippen LogP contribution in [0.15, 0.2) is 41.5 Å². The normalized spacial score (nSPS) is 12.6. The molecule has 2 heterocycles. The molecule has 0 amide bonds. The van der Waals surface area contributed by atoms with Crippen LogP contribution in [0.3, 0.4) is 0 Å². The number of rotatable bonds is 5. The van der Waals surface area contributed by atoms with E-state index in [0.29, 0.717) is 22.3 Å². The number of fused-ring (bicyclic) bond motifs is 1.